The quantitative estimate of drug-likeness (QED) is 0.859. The Morgan fingerprint density at radius 1 is 1.09 bits per heavy atom. The normalized spacial score (nSPS) is 33.1. The minimum atomic E-state index is -1.11. The second kappa shape index (κ2) is 5.18. The van der Waals surface area contributed by atoms with Gasteiger partial charge in [-0.1, -0.05) is 30.3 Å². The lowest BCUT2D eigenvalue weighted by atomic mass is 9.81. The number of carboxylic acids is 1. The number of hydrogen-bond donors (Lipinski definition) is 1. The van der Waals surface area contributed by atoms with E-state index in [2.05, 4.69) is 0 Å². The van der Waals surface area contributed by atoms with Gasteiger partial charge in [-0.25, -0.2) is 4.79 Å². The molecule has 0 aromatic heterocycles. The molecule has 1 N–H and O–H groups in total. The minimum absolute atomic E-state index is 0.169. The first kappa shape index (κ1) is 14.4. The van der Waals surface area contributed by atoms with Crippen LogP contribution in [0, 0.1) is 23.7 Å². The Hall–Kier alpha value is -2.17. The van der Waals surface area contributed by atoms with Gasteiger partial charge in [-0.3, -0.25) is 14.5 Å². The summed E-state index contributed by atoms with van der Waals surface area (Å²) in [4.78, 5) is 38.3. The highest BCUT2D eigenvalue weighted by atomic mass is 16.4. The third-order valence-electron chi connectivity index (χ3n) is 5.83. The smallest absolute Gasteiger partial charge is 0.327 e. The van der Waals surface area contributed by atoms with Crippen molar-refractivity contribution in [1.82, 2.24) is 4.90 Å². The molecule has 120 valence electrons. The number of benzene rings is 1. The van der Waals surface area contributed by atoms with Crippen LogP contribution in [0.5, 0.6) is 0 Å². The average molecular weight is 313 g/mol. The van der Waals surface area contributed by atoms with Gasteiger partial charge in [0.1, 0.15) is 6.04 Å². The summed E-state index contributed by atoms with van der Waals surface area (Å²) in [5.41, 5.74) is 0.820. The zero-order chi connectivity index (χ0) is 16.1. The molecule has 4 rings (SSSR count). The van der Waals surface area contributed by atoms with Crippen molar-refractivity contribution >= 4 is 17.8 Å². The molecule has 1 aromatic rings. The van der Waals surface area contributed by atoms with Crippen molar-refractivity contribution in [2.45, 2.75) is 31.7 Å². The van der Waals surface area contributed by atoms with Crippen molar-refractivity contribution in [2.24, 2.45) is 23.7 Å². The van der Waals surface area contributed by atoms with Gasteiger partial charge < -0.3 is 5.11 Å². The zero-order valence-corrected chi connectivity index (χ0v) is 12.7. The number of carbonyl (C=O) groups excluding carboxylic acids is 2. The number of imide groups is 1. The fourth-order valence-corrected chi connectivity index (χ4v) is 4.87. The molecule has 1 saturated heterocycles. The molecule has 0 spiro atoms. The summed E-state index contributed by atoms with van der Waals surface area (Å²) in [6.07, 6.45) is 3.11. The van der Waals surface area contributed by atoms with Gasteiger partial charge >= 0.3 is 5.97 Å². The molecule has 1 heterocycles. The van der Waals surface area contributed by atoms with Crippen LogP contribution in [0.4, 0.5) is 0 Å². The van der Waals surface area contributed by atoms with Gasteiger partial charge in [0.2, 0.25) is 11.8 Å². The van der Waals surface area contributed by atoms with Crippen LogP contribution < -0.4 is 0 Å². The number of aliphatic carboxylic acids is 1. The summed E-state index contributed by atoms with van der Waals surface area (Å²) in [6, 6.07) is 8.07. The number of fused-ring (bicyclic) bond motifs is 5. The molecule has 1 aliphatic heterocycles. The van der Waals surface area contributed by atoms with Gasteiger partial charge in [0, 0.05) is 6.42 Å². The van der Waals surface area contributed by atoms with Gasteiger partial charge in [-0.05, 0) is 36.7 Å². The highest BCUT2D eigenvalue weighted by Crippen LogP contribution is 2.56. The molecule has 3 fully saturated rings. The molecule has 2 bridgehead atoms. The highest BCUT2D eigenvalue weighted by molar-refractivity contribution is 6.08. The Morgan fingerprint density at radius 2 is 1.65 bits per heavy atom. The maximum absolute atomic E-state index is 12.8. The van der Waals surface area contributed by atoms with E-state index >= 15 is 0 Å². The minimum Gasteiger partial charge on any atom is -0.480 e. The first-order valence-corrected chi connectivity index (χ1v) is 8.21. The molecular formula is C18H19NO4. The molecule has 5 nitrogen and oxygen atoms in total. The van der Waals surface area contributed by atoms with Crippen molar-refractivity contribution in [1.29, 1.82) is 0 Å². The predicted molar refractivity (Wildman–Crippen MR) is 81.2 cm³/mol. The van der Waals surface area contributed by atoms with E-state index in [1.54, 1.807) is 0 Å². The highest BCUT2D eigenvalue weighted by Gasteiger charge is 2.62. The number of nitrogens with zero attached hydrogens (tertiary/aromatic N) is 1. The summed E-state index contributed by atoms with van der Waals surface area (Å²) in [5.74, 6) is -1.60. The van der Waals surface area contributed by atoms with Crippen molar-refractivity contribution in [3.8, 4) is 0 Å². The summed E-state index contributed by atoms with van der Waals surface area (Å²) < 4.78 is 0. The SMILES string of the molecule is O=C(O)[C@@H](Cc1ccccc1)N1C(=O)[C@@H]2[C@H]3CC[C@@H](C3)[C@@H]2C1=O. The summed E-state index contributed by atoms with van der Waals surface area (Å²) in [7, 11) is 0. The summed E-state index contributed by atoms with van der Waals surface area (Å²) >= 11 is 0. The maximum atomic E-state index is 12.8. The predicted octanol–water partition coefficient (Wildman–Crippen LogP) is 1.71. The van der Waals surface area contributed by atoms with Gasteiger partial charge in [-0.2, -0.15) is 0 Å². The molecular weight excluding hydrogens is 294 g/mol. The van der Waals surface area contributed by atoms with Crippen molar-refractivity contribution in [3.63, 3.8) is 0 Å². The Kier molecular flexibility index (Phi) is 3.25. The third kappa shape index (κ3) is 2.10. The summed E-state index contributed by atoms with van der Waals surface area (Å²) in [5, 5.41) is 9.60. The molecule has 5 atom stereocenters. The topological polar surface area (TPSA) is 74.7 Å². The van der Waals surface area contributed by atoms with Gasteiger partial charge in [0.25, 0.3) is 0 Å². The van der Waals surface area contributed by atoms with E-state index in [0.29, 0.717) is 0 Å². The zero-order valence-electron chi connectivity index (χ0n) is 12.7. The van der Waals surface area contributed by atoms with Crippen LogP contribution >= 0.6 is 0 Å². The molecule has 3 aliphatic rings. The molecule has 1 aromatic carbocycles. The van der Waals surface area contributed by atoms with Crippen LogP contribution in [-0.4, -0.2) is 33.8 Å². The van der Waals surface area contributed by atoms with Crippen LogP contribution in [0.1, 0.15) is 24.8 Å². The third-order valence-corrected chi connectivity index (χ3v) is 5.83. The van der Waals surface area contributed by atoms with Crippen LogP contribution in [0.2, 0.25) is 0 Å². The lowest BCUT2D eigenvalue weighted by molar-refractivity contribution is -0.155. The van der Waals surface area contributed by atoms with E-state index in [9.17, 15) is 19.5 Å². The molecule has 2 saturated carbocycles. The number of carboxylic acid groups (broad SMARTS) is 1. The monoisotopic (exact) mass is 313 g/mol. The number of hydrogen-bond acceptors (Lipinski definition) is 3. The van der Waals surface area contributed by atoms with E-state index in [0.717, 1.165) is 29.7 Å². The lowest BCUT2D eigenvalue weighted by Crippen LogP contribution is -2.47. The molecule has 0 radical (unpaired) electrons. The van der Waals surface area contributed by atoms with Crippen molar-refractivity contribution < 1.29 is 19.5 Å². The van der Waals surface area contributed by atoms with Gasteiger partial charge in [0.15, 0.2) is 0 Å². The van der Waals surface area contributed by atoms with E-state index in [4.69, 9.17) is 0 Å². The molecule has 5 heteroatoms. The standard InChI is InChI=1S/C18H19NO4/c20-16-14-11-6-7-12(9-11)15(14)17(21)19(16)13(18(22)23)8-10-4-2-1-3-5-10/h1-5,11-15H,6-9H2,(H,22,23)/t11-,12-,13+,14-,15+/m0/s1. The van der Waals surface area contributed by atoms with E-state index in [1.165, 1.54) is 0 Å². The first-order valence-electron chi connectivity index (χ1n) is 8.21. The molecule has 2 aliphatic carbocycles. The van der Waals surface area contributed by atoms with Gasteiger partial charge in [0.05, 0.1) is 11.8 Å². The fourth-order valence-electron chi connectivity index (χ4n) is 4.87. The van der Waals surface area contributed by atoms with Crippen molar-refractivity contribution in [2.75, 3.05) is 0 Å². The lowest BCUT2D eigenvalue weighted by Gasteiger charge is -2.24. The Balaban J connectivity index is 1.63. The molecule has 0 unspecified atom stereocenters. The second-order valence-electron chi connectivity index (χ2n) is 6.98. The van der Waals surface area contributed by atoms with Crippen LogP contribution in [0.3, 0.4) is 0 Å². The average Bonchev–Trinajstić information content (AvgIpc) is 3.21. The number of rotatable bonds is 4. The van der Waals surface area contributed by atoms with Crippen LogP contribution in [0.25, 0.3) is 0 Å². The van der Waals surface area contributed by atoms with Gasteiger partial charge in [-0.15, -0.1) is 0 Å². The van der Waals surface area contributed by atoms with E-state index in [-0.39, 0.29) is 41.9 Å². The second-order valence-corrected chi connectivity index (χ2v) is 6.98. The first-order chi connectivity index (χ1) is 11.1. The Morgan fingerprint density at radius 3 is 2.17 bits per heavy atom. The number of carbonyl (C=O) groups is 3. The maximum Gasteiger partial charge on any atom is 0.327 e. The van der Waals surface area contributed by atoms with Crippen molar-refractivity contribution in [3.05, 3.63) is 35.9 Å². The van der Waals surface area contributed by atoms with E-state index in [1.807, 2.05) is 30.3 Å². The number of amides is 2. The molecule has 2 amide bonds. The van der Waals surface area contributed by atoms with E-state index < -0.39 is 12.0 Å². The Labute approximate surface area is 134 Å². The van der Waals surface area contributed by atoms with Crippen LogP contribution in [0.15, 0.2) is 30.3 Å². The largest absolute Gasteiger partial charge is 0.480 e. The fraction of sp³-hybridized carbons (Fsp3) is 0.500. The Bertz CT molecular complexity index is 643. The number of likely N-dealkylation sites (tertiary alicyclic amines) is 1. The molecule has 23 heavy (non-hydrogen) atoms. The van der Waals surface area contributed by atoms with Crippen LogP contribution in [-0.2, 0) is 20.8 Å². The summed E-state index contributed by atoms with van der Waals surface area (Å²) in [6.45, 7) is 0.